The van der Waals surface area contributed by atoms with E-state index in [0.29, 0.717) is 5.56 Å². The fourth-order valence-electron chi connectivity index (χ4n) is 2.41. The van der Waals surface area contributed by atoms with Crippen LogP contribution in [0.15, 0.2) is 29.4 Å². The van der Waals surface area contributed by atoms with Crippen molar-refractivity contribution >= 4 is 11.6 Å². The summed E-state index contributed by atoms with van der Waals surface area (Å²) in [5, 5.41) is 4.31. The molecule has 1 aromatic rings. The number of nitrogens with zero attached hydrogens (tertiary/aromatic N) is 1. The Hall–Kier alpha value is -1.64. The van der Waals surface area contributed by atoms with Gasteiger partial charge in [0.05, 0.1) is 0 Å². The molecule has 0 atom stereocenters. The monoisotopic (exact) mass is 258 g/mol. The Morgan fingerprint density at radius 1 is 1.11 bits per heavy atom. The largest absolute Gasteiger partial charge is 0.271 e. The van der Waals surface area contributed by atoms with Crippen LogP contribution in [0.5, 0.6) is 0 Å². The first-order valence-corrected chi connectivity index (χ1v) is 7.18. The molecule has 0 spiro atoms. The van der Waals surface area contributed by atoms with Gasteiger partial charge in [-0.1, -0.05) is 37.0 Å². The van der Waals surface area contributed by atoms with Gasteiger partial charge in [0, 0.05) is 11.3 Å². The maximum Gasteiger partial charge on any atom is 0.271 e. The first-order chi connectivity index (χ1) is 9.25. The molecule has 0 bridgehead atoms. The summed E-state index contributed by atoms with van der Waals surface area (Å²) in [6.07, 6.45) is 8.33. The molecule has 2 rings (SSSR count). The highest BCUT2D eigenvalue weighted by molar-refractivity contribution is 5.95. The van der Waals surface area contributed by atoms with E-state index in [1.165, 1.54) is 32.1 Å². The summed E-state index contributed by atoms with van der Waals surface area (Å²) in [7, 11) is 0. The number of rotatable bonds is 2. The van der Waals surface area contributed by atoms with Crippen molar-refractivity contribution in [2.24, 2.45) is 5.10 Å². The Kier molecular flexibility index (Phi) is 5.13. The van der Waals surface area contributed by atoms with E-state index in [0.717, 1.165) is 24.1 Å². The van der Waals surface area contributed by atoms with Crippen LogP contribution in [-0.4, -0.2) is 11.6 Å². The van der Waals surface area contributed by atoms with E-state index in [9.17, 15) is 4.79 Å². The SMILES string of the molecule is Cc1cccc(C(=O)NN=C2CCCCCCC2)c1. The van der Waals surface area contributed by atoms with E-state index < -0.39 is 0 Å². The highest BCUT2D eigenvalue weighted by atomic mass is 16.2. The van der Waals surface area contributed by atoms with Crippen LogP contribution < -0.4 is 5.43 Å². The second-order valence-corrected chi connectivity index (χ2v) is 5.26. The average molecular weight is 258 g/mol. The zero-order valence-electron chi connectivity index (χ0n) is 11.6. The highest BCUT2D eigenvalue weighted by Gasteiger charge is 2.07. The number of carbonyl (C=O) groups excluding carboxylic acids is 1. The van der Waals surface area contributed by atoms with Crippen LogP contribution in [0.25, 0.3) is 0 Å². The smallest absolute Gasteiger partial charge is 0.267 e. The number of hydrogen-bond donors (Lipinski definition) is 1. The predicted octanol–water partition coefficient (Wildman–Crippen LogP) is 3.83. The molecule has 1 N–H and O–H groups in total. The quantitative estimate of drug-likeness (QED) is 0.805. The molecule has 3 heteroatoms. The third-order valence-corrected chi connectivity index (χ3v) is 3.53. The van der Waals surface area contributed by atoms with Crippen molar-refractivity contribution < 1.29 is 4.79 Å². The first kappa shape index (κ1) is 13.8. The van der Waals surface area contributed by atoms with Crippen LogP contribution in [0, 0.1) is 6.92 Å². The Morgan fingerprint density at radius 3 is 2.47 bits per heavy atom. The summed E-state index contributed by atoms with van der Waals surface area (Å²) in [6, 6.07) is 7.58. The third-order valence-electron chi connectivity index (χ3n) is 3.53. The van der Waals surface area contributed by atoms with Gasteiger partial charge in [0.2, 0.25) is 0 Å². The molecule has 0 unspecified atom stereocenters. The zero-order valence-corrected chi connectivity index (χ0v) is 11.6. The maximum atomic E-state index is 12.0. The second-order valence-electron chi connectivity index (χ2n) is 5.26. The van der Waals surface area contributed by atoms with Gasteiger partial charge in [-0.05, 0) is 44.7 Å². The number of hydrogen-bond acceptors (Lipinski definition) is 2. The number of amides is 1. The van der Waals surface area contributed by atoms with E-state index in [4.69, 9.17) is 0 Å². The van der Waals surface area contributed by atoms with Crippen molar-refractivity contribution in [1.29, 1.82) is 0 Å². The number of nitrogens with one attached hydrogen (secondary N) is 1. The zero-order chi connectivity index (χ0) is 13.5. The molecule has 1 amide bonds. The molecule has 1 saturated carbocycles. The molecule has 0 radical (unpaired) electrons. The van der Waals surface area contributed by atoms with Crippen molar-refractivity contribution in [1.82, 2.24) is 5.43 Å². The lowest BCUT2D eigenvalue weighted by Crippen LogP contribution is -2.20. The Labute approximate surface area is 115 Å². The number of aryl methyl sites for hydroxylation is 1. The Balaban J connectivity index is 1.94. The lowest BCUT2D eigenvalue weighted by molar-refractivity contribution is 0.0954. The molecule has 19 heavy (non-hydrogen) atoms. The second kappa shape index (κ2) is 7.07. The number of hydrazone groups is 1. The van der Waals surface area contributed by atoms with E-state index in [-0.39, 0.29) is 5.91 Å². The van der Waals surface area contributed by atoms with Gasteiger partial charge >= 0.3 is 0 Å². The van der Waals surface area contributed by atoms with Gasteiger partial charge in [-0.15, -0.1) is 0 Å². The summed E-state index contributed by atoms with van der Waals surface area (Å²) in [5.74, 6) is -0.113. The molecule has 1 aliphatic rings. The molecule has 1 aromatic carbocycles. The van der Waals surface area contributed by atoms with E-state index >= 15 is 0 Å². The fraction of sp³-hybridized carbons (Fsp3) is 0.500. The topological polar surface area (TPSA) is 41.5 Å². The standard InChI is InChI=1S/C16H22N2O/c1-13-8-7-9-14(12-13)16(19)18-17-15-10-5-3-2-4-6-11-15/h7-9,12H,2-6,10-11H2,1H3,(H,18,19). The Morgan fingerprint density at radius 2 is 1.79 bits per heavy atom. The van der Waals surface area contributed by atoms with Crippen LogP contribution >= 0.6 is 0 Å². The summed E-state index contributed by atoms with van der Waals surface area (Å²) in [4.78, 5) is 12.0. The third kappa shape index (κ3) is 4.51. The predicted molar refractivity (Wildman–Crippen MR) is 78.4 cm³/mol. The van der Waals surface area contributed by atoms with Crippen molar-refractivity contribution in [3.8, 4) is 0 Å². The number of carbonyl (C=O) groups is 1. The number of benzene rings is 1. The summed E-state index contributed by atoms with van der Waals surface area (Å²) >= 11 is 0. The minimum Gasteiger partial charge on any atom is -0.267 e. The van der Waals surface area contributed by atoms with Crippen molar-refractivity contribution in [3.05, 3.63) is 35.4 Å². The van der Waals surface area contributed by atoms with E-state index in [1.54, 1.807) is 0 Å². The average Bonchev–Trinajstić information content (AvgIpc) is 2.37. The molecule has 3 nitrogen and oxygen atoms in total. The molecular formula is C16H22N2O. The minimum atomic E-state index is -0.113. The van der Waals surface area contributed by atoms with Crippen LogP contribution in [0.1, 0.15) is 60.9 Å². The van der Waals surface area contributed by atoms with Gasteiger partial charge in [-0.25, -0.2) is 5.43 Å². The molecule has 0 saturated heterocycles. The molecule has 1 fully saturated rings. The van der Waals surface area contributed by atoms with Crippen molar-refractivity contribution in [3.63, 3.8) is 0 Å². The van der Waals surface area contributed by atoms with Gasteiger partial charge < -0.3 is 0 Å². The summed E-state index contributed by atoms with van der Waals surface area (Å²) < 4.78 is 0. The lowest BCUT2D eigenvalue weighted by atomic mass is 9.99. The van der Waals surface area contributed by atoms with Gasteiger partial charge in [-0.3, -0.25) is 4.79 Å². The molecule has 0 aliphatic heterocycles. The Bertz CT molecular complexity index is 456. The first-order valence-electron chi connectivity index (χ1n) is 7.18. The lowest BCUT2D eigenvalue weighted by Gasteiger charge is -2.11. The van der Waals surface area contributed by atoms with Gasteiger partial charge in [0.25, 0.3) is 5.91 Å². The highest BCUT2D eigenvalue weighted by Crippen LogP contribution is 2.14. The minimum absolute atomic E-state index is 0.113. The van der Waals surface area contributed by atoms with Crippen LogP contribution in [0.2, 0.25) is 0 Å². The van der Waals surface area contributed by atoms with Gasteiger partial charge in [0.15, 0.2) is 0 Å². The molecule has 102 valence electrons. The van der Waals surface area contributed by atoms with Crippen molar-refractivity contribution in [2.75, 3.05) is 0 Å². The van der Waals surface area contributed by atoms with E-state index in [1.807, 2.05) is 31.2 Å². The summed E-state index contributed by atoms with van der Waals surface area (Å²) in [5.41, 5.74) is 5.60. The van der Waals surface area contributed by atoms with Crippen LogP contribution in [0.4, 0.5) is 0 Å². The molecule has 0 aromatic heterocycles. The maximum absolute atomic E-state index is 12.0. The van der Waals surface area contributed by atoms with Crippen molar-refractivity contribution in [2.45, 2.75) is 51.9 Å². The van der Waals surface area contributed by atoms with E-state index in [2.05, 4.69) is 10.5 Å². The molecular weight excluding hydrogens is 236 g/mol. The fourth-order valence-corrected chi connectivity index (χ4v) is 2.41. The van der Waals surface area contributed by atoms with Gasteiger partial charge in [0.1, 0.15) is 0 Å². The van der Waals surface area contributed by atoms with Gasteiger partial charge in [-0.2, -0.15) is 5.10 Å². The normalized spacial score (nSPS) is 16.4. The molecule has 0 heterocycles. The van der Waals surface area contributed by atoms with Crippen LogP contribution in [0.3, 0.4) is 0 Å². The molecule has 1 aliphatic carbocycles. The van der Waals surface area contributed by atoms with Crippen LogP contribution in [-0.2, 0) is 0 Å². The summed E-state index contributed by atoms with van der Waals surface area (Å²) in [6.45, 7) is 1.98.